The second-order valence-corrected chi connectivity index (χ2v) is 4.65. The third-order valence-electron chi connectivity index (χ3n) is 2.32. The van der Waals surface area contributed by atoms with E-state index in [0.29, 0.717) is 0 Å². The summed E-state index contributed by atoms with van der Waals surface area (Å²) in [5.41, 5.74) is 2.56. The molecule has 1 N–H and O–H groups in total. The highest BCUT2D eigenvalue weighted by Crippen LogP contribution is 2.27. The van der Waals surface area contributed by atoms with Crippen LogP contribution >= 0.6 is 15.9 Å². The smallest absolute Gasteiger partial charge is 0.307 e. The van der Waals surface area contributed by atoms with Gasteiger partial charge in [-0.15, -0.1) is 0 Å². The summed E-state index contributed by atoms with van der Waals surface area (Å²) < 4.78 is 0. The van der Waals surface area contributed by atoms with Crippen LogP contribution in [0, 0.1) is 6.92 Å². The van der Waals surface area contributed by atoms with E-state index in [9.17, 15) is 9.59 Å². The van der Waals surface area contributed by atoms with Crippen molar-refractivity contribution in [3.63, 3.8) is 0 Å². The number of carboxylic acids is 1. The molecule has 0 spiro atoms. The third kappa shape index (κ3) is 3.17. The average Bonchev–Trinajstić information content (AvgIpc) is 2.15. The second kappa shape index (κ2) is 5.25. The fourth-order valence-electron chi connectivity index (χ4n) is 1.53. The van der Waals surface area contributed by atoms with E-state index in [1.807, 2.05) is 6.92 Å². The molecule has 0 aliphatic carbocycles. The van der Waals surface area contributed by atoms with E-state index in [-0.39, 0.29) is 17.0 Å². The highest BCUT2D eigenvalue weighted by molar-refractivity contribution is 9.09. The number of Topliss-reactive ketones (excluding diaryl/α,β-unsaturated/α-hetero) is 1. The van der Waals surface area contributed by atoms with Crippen molar-refractivity contribution in [1.29, 1.82) is 0 Å². The lowest BCUT2D eigenvalue weighted by molar-refractivity contribution is -0.136. The average molecular weight is 285 g/mol. The molecule has 0 aliphatic heterocycles. The standard InChI is InChI=1S/C12H13BrO3/c1-7-5-9(6-11(15)16)3-4-10(7)12(13)8(2)14/h3-5,12H,6H2,1-2H3,(H,15,16). The van der Waals surface area contributed by atoms with E-state index in [1.54, 1.807) is 18.2 Å². The second-order valence-electron chi connectivity index (χ2n) is 3.73. The van der Waals surface area contributed by atoms with Crippen LogP contribution in [0.3, 0.4) is 0 Å². The minimum Gasteiger partial charge on any atom is -0.481 e. The van der Waals surface area contributed by atoms with Crippen molar-refractivity contribution in [2.75, 3.05) is 0 Å². The molecule has 3 nitrogen and oxygen atoms in total. The van der Waals surface area contributed by atoms with Gasteiger partial charge in [0.2, 0.25) is 0 Å². The molecule has 4 heteroatoms. The van der Waals surface area contributed by atoms with Crippen molar-refractivity contribution in [3.05, 3.63) is 34.9 Å². The molecule has 0 aliphatic rings. The monoisotopic (exact) mass is 284 g/mol. The van der Waals surface area contributed by atoms with Crippen LogP contribution in [-0.2, 0) is 16.0 Å². The Morgan fingerprint density at radius 2 is 2.06 bits per heavy atom. The molecule has 0 saturated heterocycles. The number of alkyl halides is 1. The number of aryl methyl sites for hydroxylation is 1. The highest BCUT2D eigenvalue weighted by Gasteiger charge is 2.15. The number of halogens is 1. The zero-order valence-corrected chi connectivity index (χ0v) is 10.7. The molecular weight excluding hydrogens is 272 g/mol. The molecule has 0 bridgehead atoms. The van der Waals surface area contributed by atoms with Crippen LogP contribution in [0.15, 0.2) is 18.2 Å². The Bertz CT molecular complexity index is 426. The number of hydrogen-bond donors (Lipinski definition) is 1. The first-order valence-electron chi connectivity index (χ1n) is 4.87. The van der Waals surface area contributed by atoms with Crippen LogP contribution in [0.25, 0.3) is 0 Å². The Morgan fingerprint density at radius 1 is 1.44 bits per heavy atom. The molecule has 1 aromatic carbocycles. The van der Waals surface area contributed by atoms with Gasteiger partial charge < -0.3 is 5.11 Å². The highest BCUT2D eigenvalue weighted by atomic mass is 79.9. The van der Waals surface area contributed by atoms with Gasteiger partial charge in [-0.05, 0) is 30.5 Å². The molecule has 1 rings (SSSR count). The molecule has 0 saturated carbocycles. The number of carboxylic acid groups (broad SMARTS) is 1. The number of aliphatic carboxylic acids is 1. The summed E-state index contributed by atoms with van der Waals surface area (Å²) in [5.74, 6) is -0.816. The molecule has 0 fully saturated rings. The first-order valence-corrected chi connectivity index (χ1v) is 5.79. The fourth-order valence-corrected chi connectivity index (χ4v) is 2.04. The number of hydrogen-bond acceptors (Lipinski definition) is 2. The summed E-state index contributed by atoms with van der Waals surface area (Å²) in [6.45, 7) is 3.39. The maximum atomic E-state index is 11.2. The van der Waals surface area contributed by atoms with Crippen molar-refractivity contribution in [3.8, 4) is 0 Å². The molecule has 16 heavy (non-hydrogen) atoms. The van der Waals surface area contributed by atoms with Gasteiger partial charge in [0.1, 0.15) is 5.78 Å². The number of ketones is 1. The van der Waals surface area contributed by atoms with E-state index >= 15 is 0 Å². The molecule has 1 unspecified atom stereocenters. The predicted molar refractivity (Wildman–Crippen MR) is 64.9 cm³/mol. The van der Waals surface area contributed by atoms with Gasteiger partial charge in [-0.3, -0.25) is 9.59 Å². The lowest BCUT2D eigenvalue weighted by Gasteiger charge is -2.11. The predicted octanol–water partition coefficient (Wildman–Crippen LogP) is 2.65. The molecule has 86 valence electrons. The summed E-state index contributed by atoms with van der Waals surface area (Å²) in [6.07, 6.45) is 0.00808. The normalized spacial score (nSPS) is 12.2. The number of rotatable bonds is 4. The molecular formula is C12H13BrO3. The van der Waals surface area contributed by atoms with E-state index in [4.69, 9.17) is 5.11 Å². The summed E-state index contributed by atoms with van der Waals surface area (Å²) in [5, 5.41) is 8.66. The topological polar surface area (TPSA) is 54.4 Å². The van der Waals surface area contributed by atoms with Crippen LogP contribution in [-0.4, -0.2) is 16.9 Å². The molecule has 0 radical (unpaired) electrons. The van der Waals surface area contributed by atoms with Crippen LogP contribution in [0.1, 0.15) is 28.4 Å². The van der Waals surface area contributed by atoms with E-state index in [2.05, 4.69) is 15.9 Å². The fraction of sp³-hybridized carbons (Fsp3) is 0.333. The Labute approximate surface area is 103 Å². The number of carbonyl (C=O) groups is 2. The van der Waals surface area contributed by atoms with Crippen molar-refractivity contribution in [2.24, 2.45) is 0 Å². The summed E-state index contributed by atoms with van der Waals surface area (Å²) >= 11 is 3.31. The number of benzene rings is 1. The van der Waals surface area contributed by atoms with Crippen LogP contribution in [0.2, 0.25) is 0 Å². The van der Waals surface area contributed by atoms with Crippen molar-refractivity contribution < 1.29 is 14.7 Å². The Morgan fingerprint density at radius 3 is 2.50 bits per heavy atom. The van der Waals surface area contributed by atoms with Crippen LogP contribution in [0.4, 0.5) is 0 Å². The summed E-state index contributed by atoms with van der Waals surface area (Å²) in [6, 6.07) is 5.35. The Balaban J connectivity index is 3.00. The molecule has 1 atom stereocenters. The van der Waals surface area contributed by atoms with Crippen molar-refractivity contribution >= 4 is 27.7 Å². The van der Waals surface area contributed by atoms with Gasteiger partial charge >= 0.3 is 5.97 Å². The van der Waals surface area contributed by atoms with Gasteiger partial charge in [-0.1, -0.05) is 34.1 Å². The Kier molecular flexibility index (Phi) is 4.24. The van der Waals surface area contributed by atoms with Gasteiger partial charge in [-0.2, -0.15) is 0 Å². The van der Waals surface area contributed by atoms with Crippen LogP contribution < -0.4 is 0 Å². The molecule has 0 aromatic heterocycles. The largest absolute Gasteiger partial charge is 0.481 e. The van der Waals surface area contributed by atoms with E-state index in [1.165, 1.54) is 6.92 Å². The Hall–Kier alpha value is -1.16. The van der Waals surface area contributed by atoms with Crippen molar-refractivity contribution in [2.45, 2.75) is 25.1 Å². The summed E-state index contributed by atoms with van der Waals surface area (Å²) in [7, 11) is 0. The molecule has 0 heterocycles. The van der Waals surface area contributed by atoms with Gasteiger partial charge in [0, 0.05) is 0 Å². The van der Waals surface area contributed by atoms with E-state index in [0.717, 1.165) is 16.7 Å². The zero-order chi connectivity index (χ0) is 12.3. The maximum absolute atomic E-state index is 11.2. The van der Waals surface area contributed by atoms with Gasteiger partial charge in [-0.25, -0.2) is 0 Å². The molecule has 0 amide bonds. The lowest BCUT2D eigenvalue weighted by atomic mass is 10.00. The van der Waals surface area contributed by atoms with Gasteiger partial charge in [0.25, 0.3) is 0 Å². The number of carbonyl (C=O) groups excluding carboxylic acids is 1. The SMILES string of the molecule is CC(=O)C(Br)c1ccc(CC(=O)O)cc1C. The third-order valence-corrected chi connectivity index (χ3v) is 3.46. The van der Waals surface area contributed by atoms with E-state index < -0.39 is 5.97 Å². The minimum absolute atomic E-state index is 0.00808. The minimum atomic E-state index is -0.853. The summed E-state index contributed by atoms with van der Waals surface area (Å²) in [4.78, 5) is 21.4. The maximum Gasteiger partial charge on any atom is 0.307 e. The van der Waals surface area contributed by atoms with Crippen molar-refractivity contribution in [1.82, 2.24) is 0 Å². The quantitative estimate of drug-likeness (QED) is 0.865. The zero-order valence-electron chi connectivity index (χ0n) is 9.16. The lowest BCUT2D eigenvalue weighted by Crippen LogP contribution is -2.05. The van der Waals surface area contributed by atoms with Gasteiger partial charge in [0.15, 0.2) is 0 Å². The van der Waals surface area contributed by atoms with Crippen LogP contribution in [0.5, 0.6) is 0 Å². The first kappa shape index (κ1) is 12.9. The molecule has 1 aromatic rings. The van der Waals surface area contributed by atoms with Gasteiger partial charge in [0.05, 0.1) is 11.2 Å². The first-order chi connectivity index (χ1) is 7.41.